The monoisotopic (exact) mass is 322 g/mol. The molecule has 0 radical (unpaired) electrons. The number of rotatable bonds is 4. The summed E-state index contributed by atoms with van der Waals surface area (Å²) in [4.78, 5) is 3.46. The van der Waals surface area contributed by atoms with Crippen molar-refractivity contribution in [1.82, 2.24) is 4.98 Å². The predicted octanol–water partition coefficient (Wildman–Crippen LogP) is 3.96. The fourth-order valence-electron chi connectivity index (χ4n) is 1.55. The van der Waals surface area contributed by atoms with E-state index in [4.69, 9.17) is 11.6 Å². The molecule has 0 aliphatic heterocycles. The van der Waals surface area contributed by atoms with Crippen molar-refractivity contribution < 1.29 is 18.3 Å². The number of nitrogens with zero attached hydrogens (tertiary/aromatic N) is 1. The first-order chi connectivity index (χ1) is 9.40. The fraction of sp³-hybridized carbons (Fsp3) is 0.250. The Morgan fingerprint density at radius 3 is 2.45 bits per heavy atom. The molecule has 0 spiro atoms. The highest BCUT2D eigenvalue weighted by Crippen LogP contribution is 2.32. The summed E-state index contributed by atoms with van der Waals surface area (Å²) in [5, 5.41) is 13.7. The van der Waals surface area contributed by atoms with Crippen molar-refractivity contribution in [3.05, 3.63) is 45.9 Å². The van der Waals surface area contributed by atoms with Crippen LogP contribution < -0.4 is 5.32 Å². The topological polar surface area (TPSA) is 45.1 Å². The normalized spacial score (nSPS) is 13.2. The van der Waals surface area contributed by atoms with E-state index in [-0.39, 0.29) is 11.7 Å². The van der Waals surface area contributed by atoms with Gasteiger partial charge in [-0.3, -0.25) is 0 Å². The lowest BCUT2D eigenvalue weighted by Crippen LogP contribution is -2.15. The third-order valence-corrected chi connectivity index (χ3v) is 3.57. The Labute approximate surface area is 122 Å². The maximum absolute atomic E-state index is 12.4. The summed E-state index contributed by atoms with van der Waals surface area (Å²) in [6.07, 6.45) is -4.47. The van der Waals surface area contributed by atoms with Gasteiger partial charge in [0.1, 0.15) is 0 Å². The first-order valence-electron chi connectivity index (χ1n) is 5.55. The average Bonchev–Trinajstić information content (AvgIpc) is 2.85. The van der Waals surface area contributed by atoms with Crippen molar-refractivity contribution in [3.8, 4) is 0 Å². The fourth-order valence-corrected chi connectivity index (χ4v) is 2.45. The lowest BCUT2D eigenvalue weighted by atomic mass is 10.1. The van der Waals surface area contributed by atoms with Crippen molar-refractivity contribution in [3.63, 3.8) is 0 Å². The molecule has 108 valence electrons. The van der Waals surface area contributed by atoms with E-state index >= 15 is 0 Å². The molecule has 2 N–H and O–H groups in total. The van der Waals surface area contributed by atoms with E-state index in [9.17, 15) is 18.3 Å². The Kier molecular flexibility index (Phi) is 4.52. The summed E-state index contributed by atoms with van der Waals surface area (Å²) in [7, 11) is 0. The van der Waals surface area contributed by atoms with E-state index < -0.39 is 17.9 Å². The number of benzene rings is 1. The molecule has 1 heterocycles. The number of anilines is 1. The zero-order valence-electron chi connectivity index (χ0n) is 9.99. The average molecular weight is 323 g/mol. The van der Waals surface area contributed by atoms with Crippen molar-refractivity contribution in [2.24, 2.45) is 0 Å². The number of alkyl halides is 3. The molecule has 0 fully saturated rings. The molecule has 0 saturated carbocycles. The van der Waals surface area contributed by atoms with Crippen LogP contribution in [0.4, 0.5) is 18.3 Å². The second kappa shape index (κ2) is 5.99. The summed E-state index contributed by atoms with van der Waals surface area (Å²) < 4.78 is 37.3. The molecule has 0 saturated heterocycles. The molecule has 8 heteroatoms. The minimum Gasteiger partial charge on any atom is -0.394 e. The van der Waals surface area contributed by atoms with Gasteiger partial charge in [0, 0.05) is 10.4 Å². The SMILES string of the molecule is OCC(Nc1nc(C(F)(F)F)cs1)c1ccc(Cl)cc1. The Morgan fingerprint density at radius 2 is 1.95 bits per heavy atom. The number of aliphatic hydroxyl groups excluding tert-OH is 1. The van der Waals surface area contributed by atoms with Crippen molar-refractivity contribution in [1.29, 1.82) is 0 Å². The van der Waals surface area contributed by atoms with Gasteiger partial charge in [-0.15, -0.1) is 11.3 Å². The molecule has 1 atom stereocenters. The minimum atomic E-state index is -4.47. The Morgan fingerprint density at radius 1 is 1.30 bits per heavy atom. The van der Waals surface area contributed by atoms with Crippen molar-refractivity contribution in [2.45, 2.75) is 12.2 Å². The lowest BCUT2D eigenvalue weighted by Gasteiger charge is -2.16. The van der Waals surface area contributed by atoms with Crippen LogP contribution in [-0.2, 0) is 6.18 Å². The summed E-state index contributed by atoms with van der Waals surface area (Å²) in [6.45, 7) is -0.275. The quantitative estimate of drug-likeness (QED) is 0.895. The number of thiazole rings is 1. The van der Waals surface area contributed by atoms with E-state index in [1.807, 2.05) is 0 Å². The van der Waals surface area contributed by atoms with E-state index in [0.29, 0.717) is 10.6 Å². The van der Waals surface area contributed by atoms with Gasteiger partial charge >= 0.3 is 6.18 Å². The van der Waals surface area contributed by atoms with E-state index in [1.54, 1.807) is 24.3 Å². The molecule has 2 rings (SSSR count). The number of nitrogens with one attached hydrogen (secondary N) is 1. The van der Waals surface area contributed by atoms with Gasteiger partial charge in [0.05, 0.1) is 12.6 Å². The summed E-state index contributed by atoms with van der Waals surface area (Å²) in [5.74, 6) is 0. The number of halogens is 4. The van der Waals surface area contributed by atoms with Crippen LogP contribution >= 0.6 is 22.9 Å². The molecule has 20 heavy (non-hydrogen) atoms. The highest BCUT2D eigenvalue weighted by atomic mass is 35.5. The first-order valence-corrected chi connectivity index (χ1v) is 6.81. The van der Waals surface area contributed by atoms with Gasteiger partial charge in [-0.2, -0.15) is 13.2 Å². The van der Waals surface area contributed by atoms with Gasteiger partial charge in [0.25, 0.3) is 0 Å². The highest BCUT2D eigenvalue weighted by molar-refractivity contribution is 7.13. The zero-order valence-corrected chi connectivity index (χ0v) is 11.6. The van der Waals surface area contributed by atoms with Crippen LogP contribution in [0.5, 0.6) is 0 Å². The first kappa shape index (κ1) is 15.1. The minimum absolute atomic E-state index is 0.103. The van der Waals surface area contributed by atoms with E-state index in [1.165, 1.54) is 0 Å². The van der Waals surface area contributed by atoms with Crippen LogP contribution in [0.1, 0.15) is 17.3 Å². The third kappa shape index (κ3) is 3.62. The van der Waals surface area contributed by atoms with Gasteiger partial charge in [0.2, 0.25) is 0 Å². The molecule has 3 nitrogen and oxygen atoms in total. The van der Waals surface area contributed by atoms with Crippen LogP contribution in [0.25, 0.3) is 0 Å². The van der Waals surface area contributed by atoms with E-state index in [0.717, 1.165) is 16.7 Å². The number of hydrogen-bond donors (Lipinski definition) is 2. The molecule has 2 aromatic rings. The molecule has 0 amide bonds. The summed E-state index contributed by atoms with van der Waals surface area (Å²) in [5.41, 5.74) is -0.238. The largest absolute Gasteiger partial charge is 0.434 e. The highest BCUT2D eigenvalue weighted by Gasteiger charge is 2.33. The van der Waals surface area contributed by atoms with Gasteiger partial charge in [-0.05, 0) is 17.7 Å². The second-order valence-corrected chi connectivity index (χ2v) is 5.26. The molecular formula is C12H10ClF3N2OS. The van der Waals surface area contributed by atoms with Crippen LogP contribution in [0.3, 0.4) is 0 Å². The lowest BCUT2D eigenvalue weighted by molar-refractivity contribution is -0.140. The Hall–Kier alpha value is -1.31. The molecular weight excluding hydrogens is 313 g/mol. The van der Waals surface area contributed by atoms with Crippen molar-refractivity contribution >= 4 is 28.1 Å². The molecule has 0 bridgehead atoms. The Bertz CT molecular complexity index is 571. The number of aliphatic hydroxyl groups is 1. The number of hydrogen-bond acceptors (Lipinski definition) is 4. The smallest absolute Gasteiger partial charge is 0.394 e. The van der Waals surface area contributed by atoms with Gasteiger partial charge in [-0.1, -0.05) is 23.7 Å². The number of aromatic nitrogens is 1. The summed E-state index contributed by atoms with van der Waals surface area (Å²) in [6, 6.07) is 6.12. The molecule has 1 unspecified atom stereocenters. The van der Waals surface area contributed by atoms with Crippen LogP contribution in [0, 0.1) is 0 Å². The standard InChI is InChI=1S/C12H10ClF3N2OS/c13-8-3-1-7(2-4-8)9(5-19)17-11-18-10(6-20-11)12(14,15)16/h1-4,6,9,19H,5H2,(H,17,18). The Balaban J connectivity index is 2.14. The van der Waals surface area contributed by atoms with Gasteiger partial charge in [0.15, 0.2) is 10.8 Å². The zero-order chi connectivity index (χ0) is 14.8. The molecule has 1 aromatic heterocycles. The predicted molar refractivity (Wildman–Crippen MR) is 72.0 cm³/mol. The van der Waals surface area contributed by atoms with Gasteiger partial charge < -0.3 is 10.4 Å². The third-order valence-electron chi connectivity index (χ3n) is 2.55. The maximum atomic E-state index is 12.4. The van der Waals surface area contributed by atoms with Gasteiger partial charge in [-0.25, -0.2) is 4.98 Å². The van der Waals surface area contributed by atoms with Crippen LogP contribution in [-0.4, -0.2) is 16.7 Å². The summed E-state index contributed by atoms with van der Waals surface area (Å²) >= 11 is 6.59. The molecule has 0 aliphatic carbocycles. The second-order valence-electron chi connectivity index (χ2n) is 3.97. The van der Waals surface area contributed by atoms with Crippen molar-refractivity contribution in [2.75, 3.05) is 11.9 Å². The molecule has 0 aliphatic rings. The van der Waals surface area contributed by atoms with Crippen LogP contribution in [0.15, 0.2) is 29.6 Å². The van der Waals surface area contributed by atoms with Crippen LogP contribution in [0.2, 0.25) is 5.02 Å². The molecule has 1 aromatic carbocycles. The maximum Gasteiger partial charge on any atom is 0.434 e. The van der Waals surface area contributed by atoms with E-state index in [2.05, 4.69) is 10.3 Å².